The average Bonchev–Trinajstić information content (AvgIpc) is 3.16. The topological polar surface area (TPSA) is 150 Å². The number of rotatable bonds is 11. The minimum Gasteiger partial charge on any atom is -0.480 e. The minimum atomic E-state index is -1.27. The van der Waals surface area contributed by atoms with Gasteiger partial charge in [0.2, 0.25) is 5.91 Å². The number of nitrogens with two attached hydrogens (primary N) is 1. The summed E-state index contributed by atoms with van der Waals surface area (Å²) < 4.78 is 14.6. The van der Waals surface area contributed by atoms with E-state index in [2.05, 4.69) is 20.6 Å². The molecule has 1 aromatic heterocycles. The number of carbonyl (C=O) groups excluding carboxylic acids is 2. The smallest absolute Gasteiger partial charge is 0.326 e. The van der Waals surface area contributed by atoms with Crippen LogP contribution in [0.3, 0.4) is 0 Å². The number of fused-ring (bicyclic) bond motifs is 1. The Hall–Kier alpha value is -4.21. The van der Waals surface area contributed by atoms with E-state index < -0.39 is 23.7 Å². The summed E-state index contributed by atoms with van der Waals surface area (Å²) in [5.74, 6) is -2.96. The molecule has 3 rings (SSSR count). The van der Waals surface area contributed by atoms with Crippen molar-refractivity contribution in [2.24, 2.45) is 10.7 Å². The molecule has 1 unspecified atom stereocenters. The first-order valence-corrected chi connectivity index (χ1v) is 10.8. The highest BCUT2D eigenvalue weighted by Gasteiger charge is 2.25. The molecule has 0 aliphatic rings. The largest absolute Gasteiger partial charge is 0.480 e. The van der Waals surface area contributed by atoms with Crippen molar-refractivity contribution in [2.75, 3.05) is 11.9 Å². The summed E-state index contributed by atoms with van der Waals surface area (Å²) in [5.41, 5.74) is 6.49. The van der Waals surface area contributed by atoms with Gasteiger partial charge in [0.1, 0.15) is 11.7 Å². The third kappa shape index (κ3) is 6.41. The summed E-state index contributed by atoms with van der Waals surface area (Å²) >= 11 is 0. The lowest BCUT2D eigenvalue weighted by atomic mass is 10.1. The van der Waals surface area contributed by atoms with E-state index in [0.29, 0.717) is 36.2 Å². The highest BCUT2D eigenvalue weighted by atomic mass is 19.1. The summed E-state index contributed by atoms with van der Waals surface area (Å²) in [6, 6.07) is 11.9. The maximum atomic E-state index is 14.6. The zero-order chi connectivity index (χ0) is 24.5. The standard InChI is InChI=1S/C24H26FN5O4/c25-21-17-5-1-2-6-18(17)29-22(21)23(32)30-19(24(33)34)13-15-8-10-16(11-9-15)28-20(31)7-3-4-12-27-14-26/h1-2,5-6,8-11,14,19,29H,3-4,7,12-13H2,(H2,26,27)(H,28,31)(H,30,32)(H,33,34). The number of carboxylic acids is 1. The number of carboxylic acid groups (broad SMARTS) is 1. The van der Waals surface area contributed by atoms with E-state index in [9.17, 15) is 23.9 Å². The molecule has 0 aliphatic carbocycles. The van der Waals surface area contributed by atoms with Crippen LogP contribution >= 0.6 is 0 Å². The minimum absolute atomic E-state index is 0.0151. The van der Waals surface area contributed by atoms with Gasteiger partial charge in [-0.3, -0.25) is 14.6 Å². The highest BCUT2D eigenvalue weighted by molar-refractivity contribution is 6.00. The van der Waals surface area contributed by atoms with Gasteiger partial charge in [0.05, 0.1) is 6.34 Å². The van der Waals surface area contributed by atoms with Crippen LogP contribution in [0.15, 0.2) is 53.5 Å². The van der Waals surface area contributed by atoms with Gasteiger partial charge in [-0.05, 0) is 42.7 Å². The summed E-state index contributed by atoms with van der Waals surface area (Å²) in [6.45, 7) is 0.576. The van der Waals surface area contributed by atoms with Crippen molar-refractivity contribution in [1.29, 1.82) is 0 Å². The SMILES string of the molecule is NC=NCCCCC(=O)Nc1ccc(CC(NC(=O)c2[nH]c3ccccc3c2F)C(=O)O)cc1. The second-order valence-electron chi connectivity index (χ2n) is 7.69. The van der Waals surface area contributed by atoms with Crippen LogP contribution in [0.5, 0.6) is 0 Å². The number of halogens is 1. The zero-order valence-electron chi connectivity index (χ0n) is 18.4. The Kier molecular flexibility index (Phi) is 8.33. The van der Waals surface area contributed by atoms with Crippen LogP contribution in [0.4, 0.5) is 10.1 Å². The molecule has 1 atom stereocenters. The fourth-order valence-electron chi connectivity index (χ4n) is 3.44. The first-order chi connectivity index (χ1) is 16.4. The normalized spacial score (nSPS) is 12.0. The number of anilines is 1. The summed E-state index contributed by atoms with van der Waals surface area (Å²) in [6.07, 6.45) is 3.00. The molecule has 0 aliphatic heterocycles. The van der Waals surface area contributed by atoms with Gasteiger partial charge in [0.15, 0.2) is 5.82 Å². The number of benzene rings is 2. The van der Waals surface area contributed by atoms with Crippen LogP contribution in [-0.4, -0.2) is 46.8 Å². The molecule has 0 spiro atoms. The molecule has 0 bridgehead atoms. The van der Waals surface area contributed by atoms with Gasteiger partial charge in [-0.1, -0.05) is 24.3 Å². The first-order valence-electron chi connectivity index (χ1n) is 10.8. The molecule has 2 aromatic carbocycles. The lowest BCUT2D eigenvalue weighted by molar-refractivity contribution is -0.139. The van der Waals surface area contributed by atoms with Crippen molar-refractivity contribution in [2.45, 2.75) is 31.7 Å². The van der Waals surface area contributed by atoms with E-state index in [1.165, 1.54) is 12.4 Å². The lowest BCUT2D eigenvalue weighted by Crippen LogP contribution is -2.42. The molecule has 0 radical (unpaired) electrons. The molecule has 2 amide bonds. The molecule has 0 saturated heterocycles. The van der Waals surface area contributed by atoms with E-state index in [1.807, 2.05) is 0 Å². The molecule has 178 valence electrons. The maximum Gasteiger partial charge on any atom is 0.326 e. The van der Waals surface area contributed by atoms with E-state index in [0.717, 1.165) is 6.42 Å². The summed E-state index contributed by atoms with van der Waals surface area (Å²) in [4.78, 5) is 42.9. The number of aliphatic carboxylic acids is 1. The van der Waals surface area contributed by atoms with Crippen molar-refractivity contribution >= 4 is 40.7 Å². The third-order valence-electron chi connectivity index (χ3n) is 5.20. The number of aromatic nitrogens is 1. The predicted octanol–water partition coefficient (Wildman–Crippen LogP) is 2.83. The first kappa shape index (κ1) is 24.4. The number of hydrogen-bond acceptors (Lipinski definition) is 4. The molecule has 34 heavy (non-hydrogen) atoms. The van der Waals surface area contributed by atoms with E-state index in [4.69, 9.17) is 5.73 Å². The fraction of sp³-hybridized carbons (Fsp3) is 0.250. The molecular weight excluding hydrogens is 441 g/mol. The molecular formula is C24H26FN5O4. The molecule has 0 saturated carbocycles. The van der Waals surface area contributed by atoms with Crippen molar-refractivity contribution in [3.8, 4) is 0 Å². The highest BCUT2D eigenvalue weighted by Crippen LogP contribution is 2.20. The van der Waals surface area contributed by atoms with Crippen LogP contribution in [0, 0.1) is 5.82 Å². The number of para-hydroxylation sites is 1. The molecule has 6 N–H and O–H groups in total. The summed E-state index contributed by atoms with van der Waals surface area (Å²) in [5, 5.41) is 15.0. The van der Waals surface area contributed by atoms with Gasteiger partial charge in [-0.15, -0.1) is 0 Å². The van der Waals surface area contributed by atoms with Gasteiger partial charge in [-0.25, -0.2) is 9.18 Å². The van der Waals surface area contributed by atoms with Crippen molar-refractivity contribution in [1.82, 2.24) is 10.3 Å². The Bertz CT molecular complexity index is 1190. The van der Waals surface area contributed by atoms with E-state index in [-0.39, 0.29) is 23.4 Å². The quantitative estimate of drug-likeness (QED) is 0.167. The molecule has 9 nitrogen and oxygen atoms in total. The van der Waals surface area contributed by atoms with Gasteiger partial charge in [0.25, 0.3) is 5.91 Å². The third-order valence-corrected chi connectivity index (χ3v) is 5.20. The van der Waals surface area contributed by atoms with Crippen molar-refractivity contribution in [3.05, 3.63) is 65.6 Å². The number of H-pyrrole nitrogens is 1. The second-order valence-corrected chi connectivity index (χ2v) is 7.69. The Morgan fingerprint density at radius 2 is 1.85 bits per heavy atom. The molecule has 1 heterocycles. The lowest BCUT2D eigenvalue weighted by Gasteiger charge is -2.15. The predicted molar refractivity (Wildman–Crippen MR) is 127 cm³/mol. The second kappa shape index (κ2) is 11.6. The van der Waals surface area contributed by atoms with Crippen LogP contribution in [0.2, 0.25) is 0 Å². The van der Waals surface area contributed by atoms with Crippen LogP contribution in [0.1, 0.15) is 35.3 Å². The summed E-state index contributed by atoms with van der Waals surface area (Å²) in [7, 11) is 0. The molecule has 10 heteroatoms. The molecule has 0 fully saturated rings. The van der Waals surface area contributed by atoms with Crippen molar-refractivity contribution < 1.29 is 23.9 Å². The Balaban J connectivity index is 1.58. The van der Waals surface area contributed by atoms with Crippen LogP contribution in [-0.2, 0) is 16.0 Å². The van der Waals surface area contributed by atoms with Gasteiger partial charge in [0, 0.05) is 36.0 Å². The van der Waals surface area contributed by atoms with E-state index >= 15 is 0 Å². The van der Waals surface area contributed by atoms with Gasteiger partial charge >= 0.3 is 5.97 Å². The number of nitrogens with one attached hydrogen (secondary N) is 3. The number of aliphatic imine (C=N–C) groups is 1. The monoisotopic (exact) mass is 467 g/mol. The van der Waals surface area contributed by atoms with Crippen LogP contribution in [0.25, 0.3) is 10.9 Å². The van der Waals surface area contributed by atoms with Gasteiger partial charge < -0.3 is 26.5 Å². The van der Waals surface area contributed by atoms with Gasteiger partial charge in [-0.2, -0.15) is 0 Å². The number of hydrogen-bond donors (Lipinski definition) is 5. The van der Waals surface area contributed by atoms with Crippen molar-refractivity contribution in [3.63, 3.8) is 0 Å². The number of aromatic amines is 1. The number of nitrogens with zero attached hydrogens (tertiary/aromatic N) is 1. The Labute approximate surface area is 195 Å². The number of amides is 2. The fourth-order valence-corrected chi connectivity index (χ4v) is 3.44. The zero-order valence-corrected chi connectivity index (χ0v) is 18.4. The maximum absolute atomic E-state index is 14.6. The van der Waals surface area contributed by atoms with E-state index in [1.54, 1.807) is 42.5 Å². The number of unbranched alkanes of at least 4 members (excludes halogenated alkanes) is 1. The average molecular weight is 468 g/mol. The molecule has 3 aromatic rings. The Morgan fingerprint density at radius 3 is 2.53 bits per heavy atom. The Morgan fingerprint density at radius 1 is 1.12 bits per heavy atom. The number of carbonyl (C=O) groups is 3. The van der Waals surface area contributed by atoms with Crippen LogP contribution < -0.4 is 16.4 Å².